The third kappa shape index (κ3) is 4.00. The number of aryl methyl sites for hydroxylation is 1. The fraction of sp³-hybridized carbons (Fsp3) is 0.417. The van der Waals surface area contributed by atoms with Crippen LogP contribution in [0.4, 0.5) is 5.69 Å². The molecule has 0 aliphatic heterocycles. The first-order valence-electron chi connectivity index (χ1n) is 5.59. The first-order valence-corrected chi connectivity index (χ1v) is 6.02. The maximum atomic E-state index is 11.7. The van der Waals surface area contributed by atoms with Gasteiger partial charge in [0, 0.05) is 29.1 Å². The van der Waals surface area contributed by atoms with Crippen molar-refractivity contribution in [3.63, 3.8) is 0 Å². The molecular formula is C12H15ClN2O3. The van der Waals surface area contributed by atoms with Crippen LogP contribution < -0.4 is 5.32 Å². The number of nitro benzene ring substituents is 1. The van der Waals surface area contributed by atoms with Gasteiger partial charge in [-0.1, -0.05) is 0 Å². The van der Waals surface area contributed by atoms with E-state index >= 15 is 0 Å². The van der Waals surface area contributed by atoms with Crippen molar-refractivity contribution in [3.05, 3.63) is 39.4 Å². The zero-order valence-electron chi connectivity index (χ0n) is 10.3. The Morgan fingerprint density at radius 2 is 2.22 bits per heavy atom. The standard InChI is InChI=1S/C12H15ClN2O3/c1-8-7-10(3-4-11(8)15(17)18)12(16)14-6-5-9(2)13/h3-4,7,9H,5-6H2,1-2H3,(H,14,16). The second-order valence-electron chi connectivity index (χ2n) is 4.08. The predicted molar refractivity (Wildman–Crippen MR) is 70.1 cm³/mol. The second-order valence-corrected chi connectivity index (χ2v) is 4.83. The summed E-state index contributed by atoms with van der Waals surface area (Å²) in [5.74, 6) is -0.245. The van der Waals surface area contributed by atoms with Crippen LogP contribution in [0.1, 0.15) is 29.3 Å². The average Bonchev–Trinajstić information content (AvgIpc) is 2.27. The van der Waals surface area contributed by atoms with E-state index in [-0.39, 0.29) is 17.0 Å². The Balaban J connectivity index is 2.70. The summed E-state index contributed by atoms with van der Waals surface area (Å²) < 4.78 is 0. The maximum Gasteiger partial charge on any atom is 0.272 e. The van der Waals surface area contributed by atoms with E-state index in [4.69, 9.17) is 11.6 Å². The summed E-state index contributed by atoms with van der Waals surface area (Å²) in [4.78, 5) is 21.9. The summed E-state index contributed by atoms with van der Waals surface area (Å²) in [7, 11) is 0. The zero-order valence-corrected chi connectivity index (χ0v) is 11.0. The summed E-state index contributed by atoms with van der Waals surface area (Å²) >= 11 is 5.76. The molecule has 1 amide bonds. The van der Waals surface area contributed by atoms with Crippen LogP contribution in [0.5, 0.6) is 0 Å². The van der Waals surface area contributed by atoms with E-state index in [1.54, 1.807) is 6.92 Å². The number of halogens is 1. The highest BCUT2D eigenvalue weighted by atomic mass is 35.5. The number of amides is 1. The van der Waals surface area contributed by atoms with E-state index in [0.717, 1.165) is 0 Å². The van der Waals surface area contributed by atoms with Crippen molar-refractivity contribution in [2.75, 3.05) is 6.54 Å². The number of nitro groups is 1. The smallest absolute Gasteiger partial charge is 0.272 e. The third-order valence-corrected chi connectivity index (χ3v) is 2.70. The largest absolute Gasteiger partial charge is 0.352 e. The molecule has 6 heteroatoms. The summed E-state index contributed by atoms with van der Waals surface area (Å²) in [6.07, 6.45) is 0.680. The Morgan fingerprint density at radius 3 is 2.72 bits per heavy atom. The Kier molecular flexibility index (Phi) is 5.09. The van der Waals surface area contributed by atoms with Crippen molar-refractivity contribution >= 4 is 23.2 Å². The van der Waals surface area contributed by atoms with Gasteiger partial charge in [0.1, 0.15) is 0 Å². The van der Waals surface area contributed by atoms with Gasteiger partial charge in [-0.2, -0.15) is 0 Å². The molecule has 0 bridgehead atoms. The van der Waals surface area contributed by atoms with E-state index in [2.05, 4.69) is 5.32 Å². The number of rotatable bonds is 5. The molecule has 1 N–H and O–H groups in total. The maximum absolute atomic E-state index is 11.7. The van der Waals surface area contributed by atoms with Crippen molar-refractivity contribution in [3.8, 4) is 0 Å². The Bertz CT molecular complexity index is 461. The molecule has 0 aliphatic carbocycles. The van der Waals surface area contributed by atoms with Gasteiger partial charge in [-0.3, -0.25) is 14.9 Å². The van der Waals surface area contributed by atoms with Crippen LogP contribution >= 0.6 is 11.6 Å². The molecule has 1 aromatic carbocycles. The Labute approximate surface area is 110 Å². The number of alkyl halides is 1. The summed E-state index contributed by atoms with van der Waals surface area (Å²) in [6.45, 7) is 3.94. The van der Waals surface area contributed by atoms with Crippen LogP contribution in [0.25, 0.3) is 0 Å². The molecule has 0 heterocycles. The van der Waals surface area contributed by atoms with Gasteiger partial charge in [0.05, 0.1) is 4.92 Å². The molecule has 0 saturated heterocycles. The van der Waals surface area contributed by atoms with E-state index in [1.807, 2.05) is 6.92 Å². The first kappa shape index (κ1) is 14.4. The molecule has 18 heavy (non-hydrogen) atoms. The Morgan fingerprint density at radius 1 is 1.56 bits per heavy atom. The van der Waals surface area contributed by atoms with Crippen LogP contribution in [0, 0.1) is 17.0 Å². The van der Waals surface area contributed by atoms with Crippen molar-refractivity contribution in [2.45, 2.75) is 25.6 Å². The molecule has 0 fully saturated rings. The van der Waals surface area contributed by atoms with Crippen molar-refractivity contribution in [1.82, 2.24) is 5.32 Å². The molecule has 0 spiro atoms. The first-order chi connectivity index (χ1) is 8.41. The number of hydrogen-bond donors (Lipinski definition) is 1. The molecule has 0 saturated carbocycles. The van der Waals surface area contributed by atoms with E-state index in [1.165, 1.54) is 18.2 Å². The highest BCUT2D eigenvalue weighted by Gasteiger charge is 2.13. The SMILES string of the molecule is Cc1cc(C(=O)NCCC(C)Cl)ccc1[N+](=O)[O-]. The minimum atomic E-state index is -0.466. The fourth-order valence-electron chi connectivity index (χ4n) is 1.49. The number of benzene rings is 1. The Hall–Kier alpha value is -1.62. The van der Waals surface area contributed by atoms with Gasteiger partial charge in [-0.15, -0.1) is 11.6 Å². The lowest BCUT2D eigenvalue weighted by molar-refractivity contribution is -0.385. The summed E-state index contributed by atoms with van der Waals surface area (Å²) in [5, 5.41) is 13.4. The van der Waals surface area contributed by atoms with Gasteiger partial charge >= 0.3 is 0 Å². The van der Waals surface area contributed by atoms with Gasteiger partial charge < -0.3 is 5.32 Å². The molecule has 1 unspecified atom stereocenters. The predicted octanol–water partition coefficient (Wildman–Crippen LogP) is 2.65. The van der Waals surface area contributed by atoms with Gasteiger partial charge in [0.25, 0.3) is 11.6 Å². The molecule has 1 atom stereocenters. The monoisotopic (exact) mass is 270 g/mol. The number of carbonyl (C=O) groups is 1. The van der Waals surface area contributed by atoms with Crippen molar-refractivity contribution in [2.24, 2.45) is 0 Å². The number of nitrogens with one attached hydrogen (secondary N) is 1. The topological polar surface area (TPSA) is 72.2 Å². The lowest BCUT2D eigenvalue weighted by Gasteiger charge is -2.07. The van der Waals surface area contributed by atoms with E-state index in [0.29, 0.717) is 24.1 Å². The van der Waals surface area contributed by atoms with E-state index < -0.39 is 4.92 Å². The average molecular weight is 271 g/mol. The molecule has 5 nitrogen and oxygen atoms in total. The minimum Gasteiger partial charge on any atom is -0.352 e. The number of hydrogen-bond acceptors (Lipinski definition) is 3. The van der Waals surface area contributed by atoms with Crippen LogP contribution in [0.3, 0.4) is 0 Å². The number of nitrogens with zero attached hydrogens (tertiary/aromatic N) is 1. The van der Waals surface area contributed by atoms with Crippen LogP contribution in [-0.2, 0) is 0 Å². The highest BCUT2D eigenvalue weighted by molar-refractivity contribution is 6.20. The molecule has 1 aromatic rings. The number of carbonyl (C=O) groups excluding carboxylic acids is 1. The van der Waals surface area contributed by atoms with Crippen molar-refractivity contribution < 1.29 is 9.72 Å². The molecule has 0 aromatic heterocycles. The highest BCUT2D eigenvalue weighted by Crippen LogP contribution is 2.18. The lowest BCUT2D eigenvalue weighted by Crippen LogP contribution is -2.25. The van der Waals surface area contributed by atoms with Crippen molar-refractivity contribution in [1.29, 1.82) is 0 Å². The lowest BCUT2D eigenvalue weighted by atomic mass is 10.1. The van der Waals surface area contributed by atoms with Gasteiger partial charge in [0.15, 0.2) is 0 Å². The van der Waals surface area contributed by atoms with Gasteiger partial charge in [-0.05, 0) is 32.4 Å². The quantitative estimate of drug-likeness (QED) is 0.508. The summed E-state index contributed by atoms with van der Waals surface area (Å²) in [5.41, 5.74) is 0.902. The minimum absolute atomic E-state index is 0.00361. The molecule has 0 aliphatic rings. The molecule has 98 valence electrons. The van der Waals surface area contributed by atoms with Crippen LogP contribution in [0.15, 0.2) is 18.2 Å². The van der Waals surface area contributed by atoms with Gasteiger partial charge in [0.2, 0.25) is 0 Å². The van der Waals surface area contributed by atoms with E-state index in [9.17, 15) is 14.9 Å². The summed E-state index contributed by atoms with van der Waals surface area (Å²) in [6, 6.07) is 4.30. The zero-order chi connectivity index (χ0) is 13.7. The second kappa shape index (κ2) is 6.35. The normalized spacial score (nSPS) is 11.9. The third-order valence-electron chi connectivity index (χ3n) is 2.48. The van der Waals surface area contributed by atoms with Gasteiger partial charge in [-0.25, -0.2) is 0 Å². The molecular weight excluding hydrogens is 256 g/mol. The molecule has 0 radical (unpaired) electrons. The fourth-order valence-corrected chi connectivity index (χ4v) is 1.60. The van der Waals surface area contributed by atoms with Crippen LogP contribution in [0.2, 0.25) is 0 Å². The molecule has 1 rings (SSSR count). The van der Waals surface area contributed by atoms with Crippen LogP contribution in [-0.4, -0.2) is 22.8 Å².